The Hall–Kier alpha value is -1.97. The number of hydrogen-bond donors (Lipinski definition) is 2. The highest BCUT2D eigenvalue weighted by molar-refractivity contribution is 7.84. The number of nitrogens with zero attached hydrogens (tertiary/aromatic N) is 1. The van der Waals surface area contributed by atoms with Gasteiger partial charge in [-0.3, -0.25) is 9.59 Å². The number of nitrogens with two attached hydrogens (primary N) is 2. The molecular weight excluding hydrogens is 310 g/mol. The molecule has 8 nitrogen and oxygen atoms in total. The molecule has 1 aromatic rings. The van der Waals surface area contributed by atoms with Crippen molar-refractivity contribution in [1.82, 2.24) is 4.57 Å². The Morgan fingerprint density at radius 2 is 1.95 bits per heavy atom. The summed E-state index contributed by atoms with van der Waals surface area (Å²) in [6.45, 7) is 1.74. The predicted molar refractivity (Wildman–Crippen MR) is 75.1 cm³/mol. The molecule has 1 aromatic heterocycles. The van der Waals surface area contributed by atoms with Crippen LogP contribution in [0.4, 0.5) is 0 Å². The van der Waals surface area contributed by atoms with E-state index in [1.165, 1.54) is 6.92 Å². The first-order valence-corrected chi connectivity index (χ1v) is 8.18. The number of fused-ring (bicyclic) bond motifs is 3. The van der Waals surface area contributed by atoms with E-state index < -0.39 is 27.4 Å². The van der Waals surface area contributed by atoms with E-state index in [9.17, 15) is 22.6 Å². The molecule has 1 atom stereocenters. The molecule has 4 N–H and O–H groups in total. The van der Waals surface area contributed by atoms with Crippen molar-refractivity contribution in [3.05, 3.63) is 33.8 Å². The van der Waals surface area contributed by atoms with Gasteiger partial charge in [-0.2, -0.15) is 0 Å². The molecule has 2 heterocycles. The zero-order valence-electron chi connectivity index (χ0n) is 11.8. The number of carbonyl (C=O) groups is 2. The van der Waals surface area contributed by atoms with Gasteiger partial charge in [0.1, 0.15) is 5.69 Å². The van der Waals surface area contributed by atoms with Crippen molar-refractivity contribution >= 4 is 21.7 Å². The maximum atomic E-state index is 12.4. The van der Waals surface area contributed by atoms with Crippen molar-refractivity contribution in [3.63, 3.8) is 0 Å². The van der Waals surface area contributed by atoms with E-state index in [1.54, 1.807) is 4.57 Å². The van der Waals surface area contributed by atoms with Crippen molar-refractivity contribution in [2.24, 2.45) is 11.5 Å². The minimum absolute atomic E-state index is 0.0607. The fourth-order valence-corrected chi connectivity index (χ4v) is 3.78. The highest BCUT2D eigenvalue weighted by atomic mass is 32.2. The first-order chi connectivity index (χ1) is 10.1. The van der Waals surface area contributed by atoms with Crippen molar-refractivity contribution in [3.8, 4) is 0 Å². The second-order valence-electron chi connectivity index (χ2n) is 5.62. The van der Waals surface area contributed by atoms with Crippen LogP contribution in [0.2, 0.25) is 0 Å². The molecular formula is C13H14N3O5S-. The Balaban J connectivity index is 2.32. The van der Waals surface area contributed by atoms with E-state index in [0.29, 0.717) is 18.7 Å². The highest BCUT2D eigenvalue weighted by Gasteiger charge is 2.39. The number of hydrogen-bond acceptors (Lipinski definition) is 7. The number of ketones is 2. The Morgan fingerprint density at radius 3 is 2.55 bits per heavy atom. The summed E-state index contributed by atoms with van der Waals surface area (Å²) in [5.41, 5.74) is 12.0. The topological polar surface area (TPSA) is 148 Å². The van der Waals surface area contributed by atoms with Crippen molar-refractivity contribution in [2.45, 2.75) is 31.7 Å². The summed E-state index contributed by atoms with van der Waals surface area (Å²) >= 11 is 0. The summed E-state index contributed by atoms with van der Waals surface area (Å²) in [5.74, 6) is -1.89. The first kappa shape index (κ1) is 14.9. The molecule has 0 fully saturated rings. The van der Waals surface area contributed by atoms with E-state index in [4.69, 9.17) is 11.5 Å². The lowest BCUT2D eigenvalue weighted by Gasteiger charge is -2.17. The molecule has 0 spiro atoms. The maximum Gasteiger partial charge on any atom is 0.211 e. The Labute approximate surface area is 126 Å². The molecule has 118 valence electrons. The maximum absolute atomic E-state index is 12.4. The Morgan fingerprint density at radius 1 is 1.32 bits per heavy atom. The quantitative estimate of drug-likeness (QED) is 0.665. The van der Waals surface area contributed by atoms with Gasteiger partial charge in [0, 0.05) is 30.3 Å². The Bertz CT molecular complexity index is 863. The van der Waals surface area contributed by atoms with Gasteiger partial charge in [-0.05, 0) is 12.5 Å². The number of Topliss-reactive ketones (excluding diaryl/α,β-unsaturated/α-hetero) is 2. The monoisotopic (exact) mass is 324 g/mol. The van der Waals surface area contributed by atoms with Crippen molar-refractivity contribution < 1.29 is 22.6 Å². The lowest BCUT2D eigenvalue weighted by molar-refractivity contribution is 0.0967. The zero-order valence-corrected chi connectivity index (χ0v) is 12.6. The van der Waals surface area contributed by atoms with Crippen molar-refractivity contribution in [2.75, 3.05) is 0 Å². The zero-order chi connectivity index (χ0) is 16.4. The summed E-state index contributed by atoms with van der Waals surface area (Å²) in [6, 6.07) is -0.292. The van der Waals surface area contributed by atoms with Crippen LogP contribution in [0.15, 0.2) is 11.3 Å². The molecule has 0 aromatic carbocycles. The third-order valence-electron chi connectivity index (χ3n) is 4.11. The summed E-state index contributed by atoms with van der Waals surface area (Å²) in [4.78, 5) is 24.8. The molecule has 0 saturated heterocycles. The largest absolute Gasteiger partial charge is 0.748 e. The lowest BCUT2D eigenvalue weighted by Crippen LogP contribution is -2.29. The van der Waals surface area contributed by atoms with E-state index in [2.05, 4.69) is 0 Å². The van der Waals surface area contributed by atoms with Crippen molar-refractivity contribution in [1.29, 1.82) is 0 Å². The van der Waals surface area contributed by atoms with E-state index >= 15 is 0 Å². The summed E-state index contributed by atoms with van der Waals surface area (Å²) in [5, 5.41) is 0. The summed E-state index contributed by atoms with van der Waals surface area (Å²) in [7, 11) is -4.62. The van der Waals surface area contributed by atoms with Crippen LogP contribution >= 0.6 is 0 Å². The third kappa shape index (κ3) is 2.01. The van der Waals surface area contributed by atoms with Gasteiger partial charge in [0.05, 0.1) is 27.1 Å². The number of rotatable bonds is 2. The number of carbonyl (C=O) groups excluding carboxylic acids is 2. The normalized spacial score (nSPS) is 21.3. The van der Waals surface area contributed by atoms with E-state index in [1.807, 2.05) is 0 Å². The fraction of sp³-hybridized carbons (Fsp3) is 0.385. The molecule has 3 rings (SSSR count). The van der Waals surface area contributed by atoms with Gasteiger partial charge in [-0.25, -0.2) is 8.42 Å². The average Bonchev–Trinajstić information content (AvgIpc) is 2.89. The SMILES string of the molecule is CC1=C(N)C(=O)c2c(CS(=O)(=O)[O-])c3n(c2C1=O)C[C@H](N)C3. The molecule has 9 heteroatoms. The van der Waals surface area contributed by atoms with Gasteiger partial charge in [0.25, 0.3) is 0 Å². The second kappa shape index (κ2) is 4.51. The van der Waals surface area contributed by atoms with E-state index in [-0.39, 0.29) is 34.1 Å². The van der Waals surface area contributed by atoms with Crippen LogP contribution in [0, 0.1) is 0 Å². The van der Waals surface area contributed by atoms with Crippen LogP contribution in [-0.2, 0) is 28.8 Å². The molecule has 0 unspecified atom stereocenters. The van der Waals surface area contributed by atoms with Crippen LogP contribution in [0.5, 0.6) is 0 Å². The smallest absolute Gasteiger partial charge is 0.211 e. The van der Waals surface area contributed by atoms with Gasteiger partial charge in [-0.15, -0.1) is 0 Å². The minimum Gasteiger partial charge on any atom is -0.748 e. The van der Waals surface area contributed by atoms with Gasteiger partial charge < -0.3 is 20.6 Å². The van der Waals surface area contributed by atoms with Gasteiger partial charge in [0.15, 0.2) is 0 Å². The minimum atomic E-state index is -4.62. The molecule has 0 amide bonds. The van der Waals surface area contributed by atoms with Gasteiger partial charge >= 0.3 is 0 Å². The third-order valence-corrected chi connectivity index (χ3v) is 4.75. The van der Waals surface area contributed by atoms with Gasteiger partial charge in [0.2, 0.25) is 11.6 Å². The predicted octanol–water partition coefficient (Wildman–Crippen LogP) is -0.972. The first-order valence-electron chi connectivity index (χ1n) is 6.61. The second-order valence-corrected chi connectivity index (χ2v) is 7.03. The highest BCUT2D eigenvalue weighted by Crippen LogP contribution is 2.35. The van der Waals surface area contributed by atoms with Crippen LogP contribution in [0.25, 0.3) is 0 Å². The van der Waals surface area contributed by atoms with Crippen LogP contribution in [-0.4, -0.2) is 35.1 Å². The molecule has 2 aliphatic rings. The molecule has 22 heavy (non-hydrogen) atoms. The number of allylic oxidation sites excluding steroid dienone is 2. The Kier molecular flexibility index (Phi) is 3.06. The average molecular weight is 324 g/mol. The standard InChI is InChI=1S/C13H15N3O5S/c1-5-10(15)13(18)9-7(4-22(19,20)21)8-2-6(14)3-16(8)11(9)12(5)17/h6H,2-4,14-15H2,1H3,(H,19,20,21)/p-1/t6-/m1/s1. The van der Waals surface area contributed by atoms with Gasteiger partial charge in [-0.1, -0.05) is 0 Å². The molecule has 1 aliphatic carbocycles. The molecule has 0 bridgehead atoms. The molecule has 0 saturated carbocycles. The lowest BCUT2D eigenvalue weighted by atomic mass is 9.90. The molecule has 1 aliphatic heterocycles. The summed E-state index contributed by atoms with van der Waals surface area (Å²) in [6.07, 6.45) is 0.303. The van der Waals surface area contributed by atoms with Crippen LogP contribution in [0.3, 0.4) is 0 Å². The summed E-state index contributed by atoms with van der Waals surface area (Å²) < 4.78 is 35.0. The van der Waals surface area contributed by atoms with Crippen LogP contribution < -0.4 is 11.5 Å². The fourth-order valence-electron chi connectivity index (χ4n) is 3.12. The number of aromatic nitrogens is 1. The van der Waals surface area contributed by atoms with Crippen LogP contribution in [0.1, 0.15) is 39.0 Å². The molecule has 0 radical (unpaired) electrons. The van der Waals surface area contributed by atoms with E-state index in [0.717, 1.165) is 0 Å².